The van der Waals surface area contributed by atoms with E-state index in [2.05, 4.69) is 15.4 Å². The molecule has 0 spiro atoms. The summed E-state index contributed by atoms with van der Waals surface area (Å²) in [6.07, 6.45) is 1.76. The lowest BCUT2D eigenvalue weighted by molar-refractivity contribution is 0.0929. The van der Waals surface area contributed by atoms with Crippen LogP contribution in [0.2, 0.25) is 0 Å². The van der Waals surface area contributed by atoms with Gasteiger partial charge in [-0.1, -0.05) is 12.1 Å². The first-order chi connectivity index (χ1) is 12.0. The number of hydrogen-bond donors (Lipinski definition) is 3. The molecule has 0 bridgehead atoms. The number of carbonyl (C=O) groups excluding carboxylic acids is 1. The average Bonchev–Trinajstić information content (AvgIpc) is 3.15. The summed E-state index contributed by atoms with van der Waals surface area (Å²) in [5, 5.41) is 8.12. The van der Waals surface area contributed by atoms with Gasteiger partial charge in [-0.2, -0.15) is 0 Å². The fraction of sp³-hybridized carbons (Fsp3) is 0.353. The predicted molar refractivity (Wildman–Crippen MR) is 98.1 cm³/mol. The quantitative estimate of drug-likeness (QED) is 0.713. The third-order valence-corrected chi connectivity index (χ3v) is 6.37. The third-order valence-electron chi connectivity index (χ3n) is 4.10. The molecular formula is C17H21N3O3S2. The molecule has 1 saturated heterocycles. The largest absolute Gasteiger partial charge is 0.349 e. The number of nitrogens with one attached hydrogen (secondary N) is 3. The summed E-state index contributed by atoms with van der Waals surface area (Å²) in [6.45, 7) is 2.00. The normalized spacial score (nSPS) is 15.8. The molecule has 0 saturated carbocycles. The SMILES string of the molecule is O=C(NC1CCNCC1)c1cccc(S(=O)(=O)NCc2cccs2)c1. The van der Waals surface area contributed by atoms with Gasteiger partial charge in [-0.3, -0.25) is 4.79 Å². The number of hydrogen-bond acceptors (Lipinski definition) is 5. The molecule has 2 aromatic rings. The third kappa shape index (κ3) is 4.88. The Morgan fingerprint density at radius 1 is 1.20 bits per heavy atom. The van der Waals surface area contributed by atoms with Crippen molar-refractivity contribution in [2.75, 3.05) is 13.1 Å². The minimum absolute atomic E-state index is 0.0991. The molecule has 25 heavy (non-hydrogen) atoms. The van der Waals surface area contributed by atoms with E-state index in [1.54, 1.807) is 12.1 Å². The van der Waals surface area contributed by atoms with Crippen LogP contribution in [-0.4, -0.2) is 33.5 Å². The van der Waals surface area contributed by atoms with E-state index in [1.165, 1.54) is 23.5 Å². The Bertz CT molecular complexity index is 813. The van der Waals surface area contributed by atoms with E-state index >= 15 is 0 Å². The highest BCUT2D eigenvalue weighted by atomic mass is 32.2. The van der Waals surface area contributed by atoms with Crippen molar-refractivity contribution >= 4 is 27.3 Å². The summed E-state index contributed by atoms with van der Waals surface area (Å²) in [5.41, 5.74) is 0.359. The Kier molecular flexibility index (Phi) is 5.85. The molecule has 1 aromatic carbocycles. The molecule has 0 radical (unpaired) electrons. The van der Waals surface area contributed by atoms with Crippen molar-refractivity contribution in [2.24, 2.45) is 0 Å². The zero-order valence-electron chi connectivity index (χ0n) is 13.7. The summed E-state index contributed by atoms with van der Waals surface area (Å²) in [5.74, 6) is -0.234. The number of rotatable bonds is 6. The Balaban J connectivity index is 1.68. The van der Waals surface area contributed by atoms with E-state index in [0.29, 0.717) is 5.56 Å². The number of benzene rings is 1. The summed E-state index contributed by atoms with van der Waals surface area (Å²) in [6, 6.07) is 10.0. The van der Waals surface area contributed by atoms with Gasteiger partial charge in [0, 0.05) is 23.0 Å². The maximum atomic E-state index is 12.4. The van der Waals surface area contributed by atoms with Crippen LogP contribution in [-0.2, 0) is 16.6 Å². The molecule has 1 aliphatic rings. The Morgan fingerprint density at radius 2 is 2.00 bits per heavy atom. The molecule has 0 aliphatic carbocycles. The van der Waals surface area contributed by atoms with Gasteiger partial charge in [-0.05, 0) is 55.6 Å². The molecule has 134 valence electrons. The molecule has 1 fully saturated rings. The van der Waals surface area contributed by atoms with Crippen molar-refractivity contribution in [1.29, 1.82) is 0 Å². The zero-order chi connectivity index (χ0) is 17.7. The first-order valence-electron chi connectivity index (χ1n) is 8.18. The van der Waals surface area contributed by atoms with Gasteiger partial charge in [0.25, 0.3) is 5.91 Å². The molecule has 3 rings (SSSR count). The molecule has 2 heterocycles. The lowest BCUT2D eigenvalue weighted by Crippen LogP contribution is -2.42. The maximum absolute atomic E-state index is 12.4. The highest BCUT2D eigenvalue weighted by Gasteiger charge is 2.19. The van der Waals surface area contributed by atoms with E-state index in [1.807, 2.05) is 17.5 Å². The summed E-state index contributed by atoms with van der Waals surface area (Å²) >= 11 is 1.49. The van der Waals surface area contributed by atoms with Gasteiger partial charge < -0.3 is 10.6 Å². The van der Waals surface area contributed by atoms with E-state index in [-0.39, 0.29) is 23.4 Å². The summed E-state index contributed by atoms with van der Waals surface area (Å²) in [7, 11) is -3.66. The van der Waals surface area contributed by atoms with Gasteiger partial charge in [0.15, 0.2) is 0 Å². The van der Waals surface area contributed by atoms with E-state index in [4.69, 9.17) is 0 Å². The average molecular weight is 380 g/mol. The van der Waals surface area contributed by atoms with Crippen molar-refractivity contribution < 1.29 is 13.2 Å². The Morgan fingerprint density at radius 3 is 2.72 bits per heavy atom. The number of thiophene rings is 1. The number of amides is 1. The van der Waals surface area contributed by atoms with Gasteiger partial charge >= 0.3 is 0 Å². The summed E-state index contributed by atoms with van der Waals surface area (Å²) in [4.78, 5) is 13.4. The standard InChI is InChI=1S/C17H21N3O3S2/c21-17(20-14-6-8-18-9-7-14)13-3-1-5-16(11-13)25(22,23)19-12-15-4-2-10-24-15/h1-5,10-11,14,18-19H,6-9,12H2,(H,20,21). The highest BCUT2D eigenvalue weighted by Crippen LogP contribution is 2.14. The first-order valence-corrected chi connectivity index (χ1v) is 10.5. The van der Waals surface area contributed by atoms with Gasteiger partial charge in [0.05, 0.1) is 4.90 Å². The highest BCUT2D eigenvalue weighted by molar-refractivity contribution is 7.89. The fourth-order valence-corrected chi connectivity index (χ4v) is 4.49. The number of piperidine rings is 1. The van der Waals surface area contributed by atoms with Crippen LogP contribution < -0.4 is 15.4 Å². The van der Waals surface area contributed by atoms with Gasteiger partial charge in [0.2, 0.25) is 10.0 Å². The van der Waals surface area contributed by atoms with Crippen LogP contribution in [0.25, 0.3) is 0 Å². The second kappa shape index (κ2) is 8.09. The van der Waals surface area contributed by atoms with Crippen LogP contribution in [0, 0.1) is 0 Å². The van der Waals surface area contributed by atoms with Crippen molar-refractivity contribution in [3.8, 4) is 0 Å². The Labute approximate surface area is 151 Å². The predicted octanol–water partition coefficient (Wildman–Crippen LogP) is 1.71. The molecule has 0 atom stereocenters. The zero-order valence-corrected chi connectivity index (χ0v) is 15.3. The van der Waals surface area contributed by atoms with Crippen LogP contribution in [0.4, 0.5) is 0 Å². The minimum Gasteiger partial charge on any atom is -0.349 e. The topological polar surface area (TPSA) is 87.3 Å². The summed E-state index contributed by atoms with van der Waals surface area (Å²) < 4.78 is 27.5. The van der Waals surface area contributed by atoms with Crippen molar-refractivity contribution in [3.05, 3.63) is 52.2 Å². The van der Waals surface area contributed by atoms with E-state index < -0.39 is 10.0 Å². The molecule has 3 N–H and O–H groups in total. The lowest BCUT2D eigenvalue weighted by atomic mass is 10.1. The molecule has 1 aliphatic heterocycles. The second-order valence-corrected chi connectivity index (χ2v) is 8.73. The second-order valence-electron chi connectivity index (χ2n) is 5.93. The van der Waals surface area contributed by atoms with Crippen LogP contribution in [0.3, 0.4) is 0 Å². The van der Waals surface area contributed by atoms with Gasteiger partial charge in [-0.25, -0.2) is 13.1 Å². The van der Waals surface area contributed by atoms with Crippen LogP contribution in [0.1, 0.15) is 28.1 Å². The van der Waals surface area contributed by atoms with Crippen LogP contribution >= 0.6 is 11.3 Å². The first kappa shape index (κ1) is 18.1. The molecular weight excluding hydrogens is 358 g/mol. The molecule has 1 amide bonds. The Hall–Kier alpha value is -1.74. The van der Waals surface area contributed by atoms with Gasteiger partial charge in [0.1, 0.15) is 0 Å². The molecule has 8 heteroatoms. The van der Waals surface area contributed by atoms with E-state index in [9.17, 15) is 13.2 Å². The molecule has 6 nitrogen and oxygen atoms in total. The van der Waals surface area contributed by atoms with E-state index in [0.717, 1.165) is 30.8 Å². The number of sulfonamides is 1. The number of carbonyl (C=O) groups is 1. The van der Waals surface area contributed by atoms with Gasteiger partial charge in [-0.15, -0.1) is 11.3 Å². The smallest absolute Gasteiger partial charge is 0.251 e. The molecule has 1 aromatic heterocycles. The van der Waals surface area contributed by atoms with Crippen molar-refractivity contribution in [2.45, 2.75) is 30.3 Å². The fourth-order valence-electron chi connectivity index (χ4n) is 2.70. The van der Waals surface area contributed by atoms with Crippen molar-refractivity contribution in [3.63, 3.8) is 0 Å². The van der Waals surface area contributed by atoms with Crippen molar-refractivity contribution in [1.82, 2.24) is 15.4 Å². The maximum Gasteiger partial charge on any atom is 0.251 e. The van der Waals surface area contributed by atoms with Crippen LogP contribution in [0.15, 0.2) is 46.7 Å². The minimum atomic E-state index is -3.66. The lowest BCUT2D eigenvalue weighted by Gasteiger charge is -2.23. The van der Waals surface area contributed by atoms with Crippen LogP contribution in [0.5, 0.6) is 0 Å². The monoisotopic (exact) mass is 379 g/mol. The molecule has 0 unspecified atom stereocenters.